The van der Waals surface area contributed by atoms with Gasteiger partial charge in [-0.05, 0) is 6.08 Å². The molecule has 0 aliphatic carbocycles. The number of rotatable bonds is 5. The molecule has 5 heteroatoms. The average molecular weight is 215 g/mol. The van der Waals surface area contributed by atoms with E-state index in [2.05, 4.69) is 11.7 Å². The van der Waals surface area contributed by atoms with E-state index in [1.54, 1.807) is 7.11 Å². The van der Waals surface area contributed by atoms with Gasteiger partial charge in [0.2, 0.25) is 5.78 Å². The van der Waals surface area contributed by atoms with E-state index in [9.17, 15) is 4.79 Å². The molecule has 0 radical (unpaired) electrons. The molecule has 4 nitrogen and oxygen atoms in total. The number of nitrogens with zero attached hydrogens (tertiary/aromatic N) is 2. The van der Waals surface area contributed by atoms with Crippen molar-refractivity contribution < 1.29 is 9.53 Å². The molecule has 0 bridgehead atoms. The van der Waals surface area contributed by atoms with Crippen LogP contribution in [0.15, 0.2) is 18.9 Å². The van der Waals surface area contributed by atoms with Crippen molar-refractivity contribution in [3.8, 4) is 0 Å². The molecule has 1 heterocycles. The van der Waals surface area contributed by atoms with Crippen LogP contribution in [0.1, 0.15) is 10.5 Å². The summed E-state index contributed by atoms with van der Waals surface area (Å²) in [4.78, 5) is 11.4. The fourth-order valence-corrected chi connectivity index (χ4v) is 1.29. The van der Waals surface area contributed by atoms with E-state index in [1.165, 1.54) is 17.0 Å². The number of carbonyl (C=O) groups excluding carboxylic acids is 1. The maximum absolute atomic E-state index is 11.4. The Kier molecular flexibility index (Phi) is 3.85. The molecule has 0 aliphatic heterocycles. The van der Waals surface area contributed by atoms with Gasteiger partial charge in [0.1, 0.15) is 5.69 Å². The zero-order chi connectivity index (χ0) is 10.6. The molecule has 0 fully saturated rings. The van der Waals surface area contributed by atoms with Gasteiger partial charge in [-0.15, -0.1) is 0 Å². The lowest BCUT2D eigenvalue weighted by molar-refractivity contribution is 0.103. The molecule has 0 spiro atoms. The summed E-state index contributed by atoms with van der Waals surface area (Å²) < 4.78 is 6.39. The van der Waals surface area contributed by atoms with E-state index in [0.717, 1.165) is 0 Å². The number of carbonyl (C=O) groups is 1. The fourth-order valence-electron chi connectivity index (χ4n) is 1.05. The molecule has 0 saturated carbocycles. The highest BCUT2D eigenvalue weighted by atomic mass is 35.5. The Balaban J connectivity index is 2.93. The standard InChI is InChI=1S/C9H11ClN2O2/c1-3-8(13)9-7(10)6-11-12(9)4-5-14-2/h3,6H,1,4-5H2,2H3. The predicted molar refractivity (Wildman–Crippen MR) is 53.6 cm³/mol. The highest BCUT2D eigenvalue weighted by molar-refractivity contribution is 6.34. The molecule has 0 aliphatic rings. The second kappa shape index (κ2) is 4.93. The van der Waals surface area contributed by atoms with Crippen LogP contribution in [0.3, 0.4) is 0 Å². The third-order valence-corrected chi connectivity index (χ3v) is 2.00. The highest BCUT2D eigenvalue weighted by Gasteiger charge is 2.14. The lowest BCUT2D eigenvalue weighted by Crippen LogP contribution is -2.12. The van der Waals surface area contributed by atoms with Crippen molar-refractivity contribution in [2.45, 2.75) is 6.54 Å². The fraction of sp³-hybridized carbons (Fsp3) is 0.333. The monoisotopic (exact) mass is 214 g/mol. The van der Waals surface area contributed by atoms with Gasteiger partial charge in [0.15, 0.2) is 0 Å². The Hall–Kier alpha value is -1.13. The Bertz CT molecular complexity index is 347. The molecular weight excluding hydrogens is 204 g/mol. The lowest BCUT2D eigenvalue weighted by atomic mass is 10.3. The van der Waals surface area contributed by atoms with Gasteiger partial charge in [-0.1, -0.05) is 18.2 Å². The third-order valence-electron chi connectivity index (χ3n) is 1.72. The van der Waals surface area contributed by atoms with Gasteiger partial charge in [0.25, 0.3) is 0 Å². The first-order chi connectivity index (χ1) is 6.70. The molecule has 14 heavy (non-hydrogen) atoms. The zero-order valence-corrected chi connectivity index (χ0v) is 8.62. The van der Waals surface area contributed by atoms with E-state index in [4.69, 9.17) is 16.3 Å². The van der Waals surface area contributed by atoms with Crippen LogP contribution >= 0.6 is 11.6 Å². The van der Waals surface area contributed by atoms with Crippen molar-refractivity contribution in [1.82, 2.24) is 9.78 Å². The number of aromatic nitrogens is 2. The summed E-state index contributed by atoms with van der Waals surface area (Å²) in [6.45, 7) is 4.38. The zero-order valence-electron chi connectivity index (χ0n) is 7.86. The topological polar surface area (TPSA) is 44.1 Å². The van der Waals surface area contributed by atoms with Crippen LogP contribution in [0.4, 0.5) is 0 Å². The smallest absolute Gasteiger partial charge is 0.204 e. The number of hydrogen-bond acceptors (Lipinski definition) is 3. The van der Waals surface area contributed by atoms with Gasteiger partial charge in [-0.3, -0.25) is 9.48 Å². The Morgan fingerprint density at radius 1 is 1.86 bits per heavy atom. The molecule has 76 valence electrons. The van der Waals surface area contributed by atoms with Crippen LogP contribution < -0.4 is 0 Å². The summed E-state index contributed by atoms with van der Waals surface area (Å²) in [5.41, 5.74) is 0.360. The molecule has 0 aromatic carbocycles. The minimum absolute atomic E-state index is 0.233. The van der Waals surface area contributed by atoms with E-state index in [-0.39, 0.29) is 5.78 Å². The Morgan fingerprint density at radius 3 is 3.14 bits per heavy atom. The maximum atomic E-state index is 11.4. The predicted octanol–water partition coefficient (Wildman–Crippen LogP) is 1.55. The van der Waals surface area contributed by atoms with Crippen LogP contribution in [-0.4, -0.2) is 29.3 Å². The SMILES string of the molecule is C=CC(=O)c1c(Cl)cnn1CCOC. The van der Waals surface area contributed by atoms with Crippen molar-refractivity contribution in [3.05, 3.63) is 29.6 Å². The Labute approximate surface area is 87.1 Å². The number of hydrogen-bond donors (Lipinski definition) is 0. The molecule has 1 rings (SSSR count). The quantitative estimate of drug-likeness (QED) is 0.552. The molecule has 1 aromatic heterocycles. The van der Waals surface area contributed by atoms with Gasteiger partial charge < -0.3 is 4.74 Å². The maximum Gasteiger partial charge on any atom is 0.204 e. The van der Waals surface area contributed by atoms with Crippen molar-refractivity contribution in [1.29, 1.82) is 0 Å². The highest BCUT2D eigenvalue weighted by Crippen LogP contribution is 2.15. The van der Waals surface area contributed by atoms with Crippen molar-refractivity contribution in [3.63, 3.8) is 0 Å². The lowest BCUT2D eigenvalue weighted by Gasteiger charge is -2.03. The first-order valence-corrected chi connectivity index (χ1v) is 4.45. The average Bonchev–Trinajstić information content (AvgIpc) is 2.55. The first kappa shape index (κ1) is 10.9. The van der Waals surface area contributed by atoms with Crippen LogP contribution in [-0.2, 0) is 11.3 Å². The van der Waals surface area contributed by atoms with Crippen LogP contribution in [0.25, 0.3) is 0 Å². The summed E-state index contributed by atoms with van der Waals surface area (Å²) >= 11 is 5.80. The van der Waals surface area contributed by atoms with Gasteiger partial charge in [-0.2, -0.15) is 5.10 Å². The molecule has 0 unspecified atom stereocenters. The Morgan fingerprint density at radius 2 is 2.57 bits per heavy atom. The summed E-state index contributed by atoms with van der Waals surface area (Å²) in [7, 11) is 1.58. The van der Waals surface area contributed by atoms with Crippen LogP contribution in [0.5, 0.6) is 0 Å². The van der Waals surface area contributed by atoms with Crippen molar-refractivity contribution in [2.24, 2.45) is 0 Å². The third kappa shape index (κ3) is 2.21. The largest absolute Gasteiger partial charge is 0.383 e. The number of ketones is 1. The minimum Gasteiger partial charge on any atom is -0.383 e. The number of ether oxygens (including phenoxy) is 1. The number of allylic oxidation sites excluding steroid dienone is 1. The molecule has 0 atom stereocenters. The molecule has 0 amide bonds. The summed E-state index contributed by atoms with van der Waals surface area (Å²) in [6, 6.07) is 0. The van der Waals surface area contributed by atoms with E-state index in [0.29, 0.717) is 23.9 Å². The molecule has 0 N–H and O–H groups in total. The van der Waals surface area contributed by atoms with E-state index in [1.807, 2.05) is 0 Å². The normalized spacial score (nSPS) is 10.1. The number of methoxy groups -OCH3 is 1. The first-order valence-electron chi connectivity index (χ1n) is 4.07. The van der Waals surface area contributed by atoms with Gasteiger partial charge in [0, 0.05) is 7.11 Å². The van der Waals surface area contributed by atoms with Crippen LogP contribution in [0.2, 0.25) is 5.02 Å². The minimum atomic E-state index is -0.233. The summed E-state index contributed by atoms with van der Waals surface area (Å²) in [5, 5.41) is 4.30. The molecular formula is C9H11ClN2O2. The molecule has 1 aromatic rings. The van der Waals surface area contributed by atoms with Gasteiger partial charge in [0.05, 0.1) is 24.4 Å². The van der Waals surface area contributed by atoms with Crippen molar-refractivity contribution >= 4 is 17.4 Å². The van der Waals surface area contributed by atoms with E-state index >= 15 is 0 Å². The number of halogens is 1. The van der Waals surface area contributed by atoms with Crippen LogP contribution in [0, 0.1) is 0 Å². The second-order valence-corrected chi connectivity index (χ2v) is 3.03. The second-order valence-electron chi connectivity index (χ2n) is 2.63. The van der Waals surface area contributed by atoms with Crippen molar-refractivity contribution in [2.75, 3.05) is 13.7 Å². The summed E-state index contributed by atoms with van der Waals surface area (Å²) in [6.07, 6.45) is 2.65. The van der Waals surface area contributed by atoms with E-state index < -0.39 is 0 Å². The molecule has 0 saturated heterocycles. The van der Waals surface area contributed by atoms with Gasteiger partial charge in [-0.25, -0.2) is 0 Å². The van der Waals surface area contributed by atoms with Gasteiger partial charge >= 0.3 is 0 Å². The summed E-state index contributed by atoms with van der Waals surface area (Å²) in [5.74, 6) is -0.233.